The van der Waals surface area contributed by atoms with Crippen molar-refractivity contribution in [3.05, 3.63) is 118 Å². The van der Waals surface area contributed by atoms with Crippen LogP contribution in [0.15, 0.2) is 85.2 Å². The molecule has 0 bridgehead atoms. The highest BCUT2D eigenvalue weighted by Crippen LogP contribution is 2.35. The highest BCUT2D eigenvalue weighted by molar-refractivity contribution is 7.93. The molecule has 4 fully saturated rings. The topological polar surface area (TPSA) is 180 Å². The normalized spacial score (nSPS) is 21.9. The number of aliphatic hydroxyl groups excluding tert-OH is 1. The van der Waals surface area contributed by atoms with E-state index in [4.69, 9.17) is 32.7 Å². The van der Waals surface area contributed by atoms with E-state index in [9.17, 15) is 35.9 Å². The zero-order valence-corrected chi connectivity index (χ0v) is 39.9. The second-order valence-electron chi connectivity index (χ2n) is 17.1. The fourth-order valence-electron chi connectivity index (χ4n) is 8.84. The molecule has 66 heavy (non-hydrogen) atoms. The number of anilines is 2. The lowest BCUT2D eigenvalue weighted by atomic mass is 9.87. The number of pyridine rings is 2. The van der Waals surface area contributed by atoms with Crippen LogP contribution in [0.3, 0.4) is 0 Å². The number of benzene rings is 2. The zero-order valence-electron chi connectivity index (χ0n) is 36.8. The second kappa shape index (κ2) is 21.7. The Bertz CT molecular complexity index is 2340. The summed E-state index contributed by atoms with van der Waals surface area (Å²) in [6.07, 6.45) is 6.44. The number of carbonyl (C=O) groups excluding carboxylic acids is 2. The summed E-state index contributed by atoms with van der Waals surface area (Å²) in [6, 6.07) is 20.5. The molecule has 0 amide bonds. The maximum atomic E-state index is 13.8. The predicted molar refractivity (Wildman–Crippen MR) is 250 cm³/mol. The van der Waals surface area contributed by atoms with E-state index in [0.717, 1.165) is 12.8 Å². The van der Waals surface area contributed by atoms with Gasteiger partial charge in [0.15, 0.2) is 0 Å². The number of carbonyl (C=O) groups is 2. The van der Waals surface area contributed by atoms with E-state index < -0.39 is 48.7 Å². The molecule has 2 aromatic heterocycles. The van der Waals surface area contributed by atoms with Crippen LogP contribution in [0, 0.1) is 0 Å². The molecule has 4 aromatic rings. The fraction of sp³-hybridized carbons (Fsp3) is 0.478. The van der Waals surface area contributed by atoms with Gasteiger partial charge in [-0.3, -0.25) is 18.6 Å². The van der Waals surface area contributed by atoms with Gasteiger partial charge in [0.25, 0.3) is 0 Å². The molecule has 0 radical (unpaired) electrons. The van der Waals surface area contributed by atoms with Gasteiger partial charge in [0.2, 0.25) is 20.0 Å². The van der Waals surface area contributed by atoms with E-state index in [1.54, 1.807) is 72.8 Å². The Balaban J connectivity index is 0.000000196. The quantitative estimate of drug-likeness (QED) is 0.133. The summed E-state index contributed by atoms with van der Waals surface area (Å²) in [6.45, 7) is 2.69. The Kier molecular flexibility index (Phi) is 16.3. The van der Waals surface area contributed by atoms with Crippen LogP contribution < -0.4 is 8.61 Å². The molecule has 356 valence electrons. The third kappa shape index (κ3) is 11.8. The van der Waals surface area contributed by atoms with E-state index in [-0.39, 0.29) is 30.8 Å². The molecule has 15 nitrogen and oxygen atoms in total. The number of sulfonamides is 2. The molecule has 2 aliphatic heterocycles. The summed E-state index contributed by atoms with van der Waals surface area (Å²) in [5.41, 5.74) is 2.53. The maximum absolute atomic E-state index is 13.8. The molecule has 2 aromatic carbocycles. The highest BCUT2D eigenvalue weighted by Gasteiger charge is 2.41. The molecule has 2 saturated carbocycles. The molecule has 2 aliphatic carbocycles. The van der Waals surface area contributed by atoms with Crippen molar-refractivity contribution < 1.29 is 45.4 Å². The lowest BCUT2D eigenvalue weighted by Gasteiger charge is -2.44. The maximum Gasteiger partial charge on any atom is 0.339 e. The third-order valence-corrected chi connectivity index (χ3v) is 17.9. The van der Waals surface area contributed by atoms with Gasteiger partial charge in [0.1, 0.15) is 6.17 Å². The number of hydrogen-bond donors (Lipinski definition) is 1. The van der Waals surface area contributed by atoms with Crippen molar-refractivity contribution in [1.82, 2.24) is 19.8 Å². The molecule has 8 rings (SSSR count). The number of piperidine rings is 2. The first-order chi connectivity index (χ1) is 31.5. The molecule has 20 heteroatoms. The first kappa shape index (κ1) is 49.5. The number of nitrogens with zero attached hydrogens (tertiary/aromatic N) is 6. The molecular weight excluding hydrogens is 935 g/mol. The number of methoxy groups -OCH3 is 2. The van der Waals surface area contributed by atoms with E-state index in [1.165, 1.54) is 35.2 Å². The van der Waals surface area contributed by atoms with Gasteiger partial charge in [-0.25, -0.2) is 30.8 Å². The fourth-order valence-corrected chi connectivity index (χ4v) is 13.0. The standard InChI is InChI=1S/C23H27ClFN3O4S.C23H28ClN3O5S/c1-32-23(29)16-5-6-19(26-14-16)15-28(20-4-2-3-17(24)11-20)33(30,31)22-7-9-27(10-8-22)21-12-18(25)13-21;1-32-23(29)16-5-6-18(25-14-16)15-27(19-4-2-3-17(24)11-19)33(30,31)22-7-9-26(10-8-22)20-12-21(28)13-20/h2-6,11,14,18,21-22H,7-10,12-13,15H2,1H3;2-6,11,14,20-22,28H,7-10,12-13,15H2,1H3. The Morgan fingerprint density at radius 3 is 1.38 bits per heavy atom. The number of ether oxygens (including phenoxy) is 2. The molecule has 0 atom stereocenters. The molecule has 4 heterocycles. The van der Waals surface area contributed by atoms with Gasteiger partial charge in [-0.15, -0.1) is 0 Å². The van der Waals surface area contributed by atoms with Crippen molar-refractivity contribution in [2.45, 2.75) is 99.3 Å². The number of rotatable bonds is 14. The zero-order chi connectivity index (χ0) is 47.2. The minimum atomic E-state index is -3.73. The SMILES string of the molecule is COC(=O)c1ccc(CN(c2cccc(Cl)c2)S(=O)(=O)C2CCN(C3CC(F)C3)CC2)nc1.COC(=O)c1ccc(CN(c2cccc(Cl)c2)S(=O)(=O)C2CCN(C3CC(O)C3)CC2)nc1. The van der Waals surface area contributed by atoms with Gasteiger partial charge >= 0.3 is 11.9 Å². The Morgan fingerprint density at radius 2 is 1.06 bits per heavy atom. The van der Waals surface area contributed by atoms with E-state index in [0.29, 0.717) is 109 Å². The second-order valence-corrected chi connectivity index (χ2v) is 22.2. The van der Waals surface area contributed by atoms with Crippen molar-refractivity contribution >= 4 is 66.6 Å². The molecule has 2 saturated heterocycles. The largest absolute Gasteiger partial charge is 0.465 e. The van der Waals surface area contributed by atoms with Gasteiger partial charge in [-0.05, 0) is 138 Å². The van der Waals surface area contributed by atoms with Crippen molar-refractivity contribution in [2.24, 2.45) is 0 Å². The lowest BCUT2D eigenvalue weighted by Crippen LogP contribution is -2.52. The van der Waals surface area contributed by atoms with Crippen molar-refractivity contribution in [2.75, 3.05) is 49.0 Å². The average Bonchev–Trinajstić information content (AvgIpc) is 3.30. The van der Waals surface area contributed by atoms with Crippen molar-refractivity contribution in [3.8, 4) is 0 Å². The smallest absolute Gasteiger partial charge is 0.339 e. The van der Waals surface area contributed by atoms with E-state index >= 15 is 0 Å². The van der Waals surface area contributed by atoms with Crippen LogP contribution >= 0.6 is 23.2 Å². The average molecular weight is 990 g/mol. The lowest BCUT2D eigenvalue weighted by molar-refractivity contribution is -0.00511. The van der Waals surface area contributed by atoms with Crippen LogP contribution in [0.2, 0.25) is 10.0 Å². The van der Waals surface area contributed by atoms with Gasteiger partial charge < -0.3 is 24.4 Å². The van der Waals surface area contributed by atoms with Crippen LogP contribution in [-0.4, -0.2) is 129 Å². The number of likely N-dealkylation sites (tertiary alicyclic amines) is 2. The molecule has 1 N–H and O–H groups in total. The highest BCUT2D eigenvalue weighted by atomic mass is 35.5. The minimum absolute atomic E-state index is 0.0104. The number of hydrogen-bond acceptors (Lipinski definition) is 13. The number of halogens is 3. The summed E-state index contributed by atoms with van der Waals surface area (Å²) < 4.78 is 80.3. The number of esters is 2. The van der Waals surface area contributed by atoms with E-state index in [2.05, 4.69) is 19.8 Å². The van der Waals surface area contributed by atoms with Gasteiger partial charge in [-0.1, -0.05) is 35.3 Å². The summed E-state index contributed by atoms with van der Waals surface area (Å²) in [5.74, 6) is -1.01. The van der Waals surface area contributed by atoms with Crippen LogP contribution in [0.5, 0.6) is 0 Å². The summed E-state index contributed by atoms with van der Waals surface area (Å²) in [4.78, 5) is 36.4. The van der Waals surface area contributed by atoms with Crippen molar-refractivity contribution in [1.29, 1.82) is 0 Å². The third-order valence-electron chi connectivity index (χ3n) is 12.9. The predicted octanol–water partition coefficient (Wildman–Crippen LogP) is 6.67. The summed E-state index contributed by atoms with van der Waals surface area (Å²) >= 11 is 12.3. The minimum Gasteiger partial charge on any atom is -0.465 e. The van der Waals surface area contributed by atoms with Crippen LogP contribution in [0.25, 0.3) is 0 Å². The monoisotopic (exact) mass is 988 g/mol. The Morgan fingerprint density at radius 1 is 0.667 bits per heavy atom. The van der Waals surface area contributed by atoms with Crippen LogP contribution in [0.1, 0.15) is 83.5 Å². The molecule has 0 unspecified atom stereocenters. The van der Waals surface area contributed by atoms with Gasteiger partial charge in [0.05, 0.1) is 77.8 Å². The Labute approximate surface area is 395 Å². The number of alkyl halides is 1. The van der Waals surface area contributed by atoms with Crippen LogP contribution in [0.4, 0.5) is 15.8 Å². The van der Waals surface area contributed by atoms with Gasteiger partial charge in [-0.2, -0.15) is 0 Å². The van der Waals surface area contributed by atoms with Crippen molar-refractivity contribution in [3.63, 3.8) is 0 Å². The summed E-state index contributed by atoms with van der Waals surface area (Å²) in [5, 5.41) is 9.39. The molecule has 4 aliphatic rings. The first-order valence-corrected chi connectivity index (χ1v) is 25.7. The number of aromatic nitrogens is 2. The molecule has 0 spiro atoms. The van der Waals surface area contributed by atoms with Crippen LogP contribution in [-0.2, 0) is 42.6 Å². The first-order valence-electron chi connectivity index (χ1n) is 22.0. The summed E-state index contributed by atoms with van der Waals surface area (Å²) in [7, 11) is -4.85. The van der Waals surface area contributed by atoms with Gasteiger partial charge in [0, 0.05) is 34.5 Å². The molecular formula is C46H55Cl2FN6O9S2. The Hall–Kier alpha value is -4.43. The van der Waals surface area contributed by atoms with E-state index in [1.807, 2.05) is 0 Å². The number of aliphatic hydroxyl groups is 1.